The normalized spacial score (nSPS) is 20.4. The van der Waals surface area contributed by atoms with Crippen molar-refractivity contribution in [1.29, 1.82) is 0 Å². The number of hydrogen-bond donors (Lipinski definition) is 0. The van der Waals surface area contributed by atoms with Crippen LogP contribution in [0.25, 0.3) is 0 Å². The van der Waals surface area contributed by atoms with Crippen molar-refractivity contribution in [2.45, 2.75) is 82.8 Å². The van der Waals surface area contributed by atoms with Gasteiger partial charge in [0.15, 0.2) is 0 Å². The molecule has 18 heavy (non-hydrogen) atoms. The molecule has 0 aromatic carbocycles. The quantitative estimate of drug-likeness (QED) is 0.670. The van der Waals surface area contributed by atoms with E-state index < -0.39 is 0 Å². The molecular formula is C15H28O2S. The Morgan fingerprint density at radius 1 is 1.28 bits per heavy atom. The largest absolute Gasteiger partial charge is 0.461 e. The van der Waals surface area contributed by atoms with Gasteiger partial charge >= 0.3 is 5.97 Å². The van der Waals surface area contributed by atoms with Crippen LogP contribution >= 0.6 is 11.8 Å². The van der Waals surface area contributed by atoms with Gasteiger partial charge in [-0.25, -0.2) is 0 Å². The monoisotopic (exact) mass is 272 g/mol. The van der Waals surface area contributed by atoms with Crippen LogP contribution in [-0.2, 0) is 9.53 Å². The predicted molar refractivity (Wildman–Crippen MR) is 78.9 cm³/mol. The first-order valence-electron chi connectivity index (χ1n) is 7.31. The van der Waals surface area contributed by atoms with Crippen LogP contribution in [0.5, 0.6) is 0 Å². The number of esters is 1. The predicted octanol–water partition coefficient (Wildman–Crippen LogP) is 4.42. The molecule has 1 saturated carbocycles. The lowest BCUT2D eigenvalue weighted by atomic mass is 9.92. The summed E-state index contributed by atoms with van der Waals surface area (Å²) in [5, 5.41) is 0.448. The molecule has 1 aliphatic rings. The van der Waals surface area contributed by atoms with Gasteiger partial charge in [0.2, 0.25) is 0 Å². The lowest BCUT2D eigenvalue weighted by Crippen LogP contribution is -2.43. The second kappa shape index (κ2) is 6.83. The van der Waals surface area contributed by atoms with E-state index in [9.17, 15) is 4.79 Å². The molecule has 0 aliphatic heterocycles. The maximum atomic E-state index is 12.6. The SMILES string of the molecule is CCC(SC(C)C)(C(=O)OC1CCCC1)C(C)C. The fourth-order valence-corrected chi connectivity index (χ4v) is 4.16. The number of carbonyl (C=O) groups is 1. The number of ether oxygens (including phenoxy) is 1. The highest BCUT2D eigenvalue weighted by atomic mass is 32.2. The first kappa shape index (κ1) is 15.9. The van der Waals surface area contributed by atoms with Crippen molar-refractivity contribution < 1.29 is 9.53 Å². The maximum Gasteiger partial charge on any atom is 0.322 e. The maximum absolute atomic E-state index is 12.6. The Kier molecular flexibility index (Phi) is 6.03. The number of thioether (sulfide) groups is 1. The van der Waals surface area contributed by atoms with Gasteiger partial charge in [0, 0.05) is 5.25 Å². The van der Waals surface area contributed by atoms with Crippen molar-refractivity contribution in [3.05, 3.63) is 0 Å². The summed E-state index contributed by atoms with van der Waals surface area (Å²) in [5.41, 5.74) is 0. The van der Waals surface area contributed by atoms with Gasteiger partial charge in [-0.2, -0.15) is 0 Å². The third kappa shape index (κ3) is 3.66. The number of rotatable bonds is 6. The fraction of sp³-hybridized carbons (Fsp3) is 0.933. The van der Waals surface area contributed by atoms with E-state index in [0.29, 0.717) is 11.2 Å². The Hall–Kier alpha value is -0.180. The summed E-state index contributed by atoms with van der Waals surface area (Å²) >= 11 is 1.77. The summed E-state index contributed by atoms with van der Waals surface area (Å²) in [4.78, 5) is 12.6. The molecule has 0 amide bonds. The van der Waals surface area contributed by atoms with Gasteiger partial charge in [0.05, 0.1) is 0 Å². The molecule has 2 nitrogen and oxygen atoms in total. The number of hydrogen-bond acceptors (Lipinski definition) is 3. The Morgan fingerprint density at radius 2 is 1.83 bits per heavy atom. The van der Waals surface area contributed by atoms with Crippen LogP contribution in [0.15, 0.2) is 0 Å². The van der Waals surface area contributed by atoms with Gasteiger partial charge in [-0.05, 0) is 38.0 Å². The molecule has 0 heterocycles. The highest BCUT2D eigenvalue weighted by molar-refractivity contribution is 8.01. The summed E-state index contributed by atoms with van der Waals surface area (Å²) < 4.78 is 5.41. The molecule has 3 heteroatoms. The van der Waals surface area contributed by atoms with E-state index in [-0.39, 0.29) is 16.8 Å². The summed E-state index contributed by atoms with van der Waals surface area (Å²) in [6, 6.07) is 0. The van der Waals surface area contributed by atoms with Crippen LogP contribution in [0.2, 0.25) is 0 Å². The average Bonchev–Trinajstić information content (AvgIpc) is 2.77. The summed E-state index contributed by atoms with van der Waals surface area (Å²) in [6.45, 7) is 10.7. The third-order valence-electron chi connectivity index (χ3n) is 3.83. The van der Waals surface area contributed by atoms with Gasteiger partial charge < -0.3 is 4.74 Å². The molecule has 1 rings (SSSR count). The fourth-order valence-electron chi connectivity index (χ4n) is 2.73. The van der Waals surface area contributed by atoms with E-state index in [4.69, 9.17) is 4.74 Å². The minimum Gasteiger partial charge on any atom is -0.461 e. The molecule has 0 aromatic heterocycles. The summed E-state index contributed by atoms with van der Waals surface area (Å²) in [5.74, 6) is 0.328. The van der Waals surface area contributed by atoms with Crippen molar-refractivity contribution in [2.75, 3.05) is 0 Å². The van der Waals surface area contributed by atoms with Gasteiger partial charge in [0.1, 0.15) is 10.9 Å². The minimum atomic E-state index is -0.364. The smallest absolute Gasteiger partial charge is 0.322 e. The van der Waals surface area contributed by atoms with Crippen molar-refractivity contribution in [3.8, 4) is 0 Å². The Bertz CT molecular complexity index is 270. The lowest BCUT2D eigenvalue weighted by molar-refractivity contribution is -0.153. The minimum absolute atomic E-state index is 0.0191. The first-order valence-corrected chi connectivity index (χ1v) is 8.19. The lowest BCUT2D eigenvalue weighted by Gasteiger charge is -2.36. The highest BCUT2D eigenvalue weighted by Gasteiger charge is 2.43. The molecule has 0 spiro atoms. The average molecular weight is 272 g/mol. The van der Waals surface area contributed by atoms with E-state index in [1.807, 2.05) is 0 Å². The zero-order valence-corrected chi connectivity index (χ0v) is 13.3. The second-order valence-corrected chi connectivity index (χ2v) is 7.78. The standard InChI is InChI=1S/C15H28O2S/c1-6-15(11(2)3,18-12(4)5)14(16)17-13-9-7-8-10-13/h11-13H,6-10H2,1-5H3. The van der Waals surface area contributed by atoms with E-state index >= 15 is 0 Å². The van der Waals surface area contributed by atoms with Crippen LogP contribution in [0.1, 0.15) is 66.7 Å². The number of carbonyl (C=O) groups excluding carboxylic acids is 1. The van der Waals surface area contributed by atoms with E-state index in [1.165, 1.54) is 12.8 Å². The van der Waals surface area contributed by atoms with Crippen LogP contribution in [0, 0.1) is 5.92 Å². The zero-order chi connectivity index (χ0) is 13.8. The van der Waals surface area contributed by atoms with Crippen molar-refractivity contribution in [2.24, 2.45) is 5.92 Å². The Balaban J connectivity index is 2.76. The van der Waals surface area contributed by atoms with Gasteiger partial charge in [0.25, 0.3) is 0 Å². The summed E-state index contributed by atoms with van der Waals surface area (Å²) in [7, 11) is 0. The summed E-state index contributed by atoms with van der Waals surface area (Å²) in [6.07, 6.45) is 5.53. The van der Waals surface area contributed by atoms with Crippen LogP contribution in [-0.4, -0.2) is 22.1 Å². The second-order valence-electron chi connectivity index (χ2n) is 5.88. The molecule has 1 aliphatic carbocycles. The Labute approximate surface area is 116 Å². The Morgan fingerprint density at radius 3 is 2.22 bits per heavy atom. The van der Waals surface area contributed by atoms with E-state index in [0.717, 1.165) is 19.3 Å². The van der Waals surface area contributed by atoms with Crippen molar-refractivity contribution in [1.82, 2.24) is 0 Å². The third-order valence-corrected chi connectivity index (χ3v) is 5.64. The molecule has 1 atom stereocenters. The van der Waals surface area contributed by atoms with Gasteiger partial charge in [-0.1, -0.05) is 34.6 Å². The first-order chi connectivity index (χ1) is 8.42. The van der Waals surface area contributed by atoms with Crippen molar-refractivity contribution in [3.63, 3.8) is 0 Å². The molecule has 0 N–H and O–H groups in total. The molecular weight excluding hydrogens is 244 g/mol. The van der Waals surface area contributed by atoms with Crippen LogP contribution in [0.4, 0.5) is 0 Å². The van der Waals surface area contributed by atoms with Crippen LogP contribution < -0.4 is 0 Å². The molecule has 0 bridgehead atoms. The molecule has 1 unspecified atom stereocenters. The molecule has 0 aromatic rings. The van der Waals surface area contributed by atoms with Crippen LogP contribution in [0.3, 0.4) is 0 Å². The topological polar surface area (TPSA) is 26.3 Å². The highest BCUT2D eigenvalue weighted by Crippen LogP contribution is 2.41. The van der Waals surface area contributed by atoms with Gasteiger partial charge in [-0.3, -0.25) is 4.79 Å². The van der Waals surface area contributed by atoms with E-state index in [2.05, 4.69) is 34.6 Å². The molecule has 0 radical (unpaired) electrons. The van der Waals surface area contributed by atoms with Crippen molar-refractivity contribution >= 4 is 17.7 Å². The zero-order valence-electron chi connectivity index (χ0n) is 12.5. The van der Waals surface area contributed by atoms with Gasteiger partial charge in [-0.15, -0.1) is 11.8 Å². The molecule has 106 valence electrons. The molecule has 0 saturated heterocycles. The molecule has 1 fully saturated rings. The van der Waals surface area contributed by atoms with E-state index in [1.54, 1.807) is 11.8 Å².